The first kappa shape index (κ1) is 13.1. The van der Waals surface area contributed by atoms with Crippen LogP contribution in [0.15, 0.2) is 18.2 Å². The Hall–Kier alpha value is -0.900. The molecule has 0 radical (unpaired) electrons. The molecule has 3 nitrogen and oxygen atoms in total. The monoisotopic (exact) mass is 261 g/mol. The summed E-state index contributed by atoms with van der Waals surface area (Å²) in [6, 6.07) is 6.65. The van der Waals surface area contributed by atoms with Crippen molar-refractivity contribution in [2.24, 2.45) is 0 Å². The Morgan fingerprint density at radius 3 is 3.11 bits per heavy atom. The molecule has 1 heterocycles. The van der Waals surface area contributed by atoms with Crippen molar-refractivity contribution >= 4 is 0 Å². The lowest BCUT2D eigenvalue weighted by Gasteiger charge is -2.24. The lowest BCUT2D eigenvalue weighted by Crippen LogP contribution is -2.40. The molecule has 19 heavy (non-hydrogen) atoms. The Kier molecular flexibility index (Phi) is 4.49. The highest BCUT2D eigenvalue weighted by molar-refractivity contribution is 5.36. The lowest BCUT2D eigenvalue weighted by molar-refractivity contribution is -0.0358. The van der Waals surface area contributed by atoms with E-state index in [1.54, 1.807) is 0 Å². The van der Waals surface area contributed by atoms with Crippen LogP contribution in [0.3, 0.4) is 0 Å². The summed E-state index contributed by atoms with van der Waals surface area (Å²) in [7, 11) is 0. The van der Waals surface area contributed by atoms with Crippen LogP contribution in [-0.4, -0.2) is 32.4 Å². The van der Waals surface area contributed by atoms with Crippen molar-refractivity contribution in [1.82, 2.24) is 5.32 Å². The van der Waals surface area contributed by atoms with Gasteiger partial charge in [0.25, 0.3) is 0 Å². The number of nitrogens with one attached hydrogen (secondary N) is 1. The minimum Gasteiger partial charge on any atom is -0.374 e. The third kappa shape index (κ3) is 3.35. The van der Waals surface area contributed by atoms with Gasteiger partial charge in [-0.3, -0.25) is 0 Å². The summed E-state index contributed by atoms with van der Waals surface area (Å²) in [5.41, 5.74) is 4.44. The molecule has 1 unspecified atom stereocenters. The van der Waals surface area contributed by atoms with Crippen molar-refractivity contribution in [1.29, 1.82) is 0 Å². The van der Waals surface area contributed by atoms with E-state index >= 15 is 0 Å². The van der Waals surface area contributed by atoms with Crippen LogP contribution < -0.4 is 5.32 Å². The molecule has 104 valence electrons. The van der Waals surface area contributed by atoms with Crippen LogP contribution in [0.25, 0.3) is 0 Å². The molecule has 2 aliphatic rings. The van der Waals surface area contributed by atoms with Crippen molar-refractivity contribution < 1.29 is 9.47 Å². The zero-order valence-electron chi connectivity index (χ0n) is 11.5. The first-order chi connectivity index (χ1) is 9.43. The van der Waals surface area contributed by atoms with Crippen LogP contribution in [0.2, 0.25) is 0 Å². The summed E-state index contributed by atoms with van der Waals surface area (Å²) >= 11 is 0. The van der Waals surface area contributed by atoms with Crippen LogP contribution >= 0.6 is 0 Å². The molecule has 0 saturated carbocycles. The van der Waals surface area contributed by atoms with E-state index in [1.165, 1.54) is 42.4 Å². The van der Waals surface area contributed by atoms with Crippen LogP contribution in [0.5, 0.6) is 0 Å². The second-order valence-electron chi connectivity index (χ2n) is 5.47. The van der Waals surface area contributed by atoms with Gasteiger partial charge in [0.2, 0.25) is 0 Å². The molecule has 1 saturated heterocycles. The molecule has 1 aromatic carbocycles. The number of fused-ring (bicyclic) bond motifs is 1. The quantitative estimate of drug-likeness (QED) is 0.900. The molecule has 0 aromatic heterocycles. The molecule has 3 heteroatoms. The van der Waals surface area contributed by atoms with E-state index in [2.05, 4.69) is 23.5 Å². The standard InChI is InChI=1S/C16H23NO2/c1-2-7-16-13(4-1)5-3-6-14(16)11-18-12-15-10-17-8-9-19-15/h3,5-6,15,17H,1-2,4,7-12H2. The van der Waals surface area contributed by atoms with Gasteiger partial charge in [-0.15, -0.1) is 0 Å². The van der Waals surface area contributed by atoms with E-state index in [-0.39, 0.29) is 6.10 Å². The zero-order chi connectivity index (χ0) is 12.9. The fraction of sp³-hybridized carbons (Fsp3) is 0.625. The van der Waals surface area contributed by atoms with Crippen molar-refractivity contribution in [3.63, 3.8) is 0 Å². The Labute approximate surface area is 115 Å². The molecule has 1 atom stereocenters. The summed E-state index contributed by atoms with van der Waals surface area (Å²) in [4.78, 5) is 0. The van der Waals surface area contributed by atoms with Crippen LogP contribution in [0.1, 0.15) is 29.5 Å². The van der Waals surface area contributed by atoms with Gasteiger partial charge in [-0.05, 0) is 42.4 Å². The highest BCUT2D eigenvalue weighted by Gasteiger charge is 2.15. The molecule has 1 aliphatic carbocycles. The van der Waals surface area contributed by atoms with Gasteiger partial charge in [0, 0.05) is 13.1 Å². The normalized spacial score (nSPS) is 23.1. The number of hydrogen-bond donors (Lipinski definition) is 1. The molecule has 0 bridgehead atoms. The predicted octanol–water partition coefficient (Wildman–Crippen LogP) is 2.07. The number of benzene rings is 1. The topological polar surface area (TPSA) is 30.5 Å². The molecular weight excluding hydrogens is 238 g/mol. The highest BCUT2D eigenvalue weighted by atomic mass is 16.5. The third-order valence-electron chi connectivity index (χ3n) is 4.06. The second-order valence-corrected chi connectivity index (χ2v) is 5.47. The van der Waals surface area contributed by atoms with Gasteiger partial charge in [-0.1, -0.05) is 18.2 Å². The number of aryl methyl sites for hydroxylation is 1. The van der Waals surface area contributed by atoms with Crippen molar-refractivity contribution in [2.75, 3.05) is 26.3 Å². The van der Waals surface area contributed by atoms with Gasteiger partial charge in [-0.25, -0.2) is 0 Å². The first-order valence-corrected chi connectivity index (χ1v) is 7.43. The molecule has 1 aromatic rings. The average Bonchev–Trinajstić information content (AvgIpc) is 2.49. The highest BCUT2D eigenvalue weighted by Crippen LogP contribution is 2.24. The number of hydrogen-bond acceptors (Lipinski definition) is 3. The Bertz CT molecular complexity index is 413. The largest absolute Gasteiger partial charge is 0.374 e. The zero-order valence-corrected chi connectivity index (χ0v) is 11.5. The molecule has 1 fully saturated rings. The predicted molar refractivity (Wildman–Crippen MR) is 75.3 cm³/mol. The average molecular weight is 261 g/mol. The van der Waals surface area contributed by atoms with Crippen molar-refractivity contribution in [3.05, 3.63) is 34.9 Å². The molecule has 3 rings (SSSR count). The maximum Gasteiger partial charge on any atom is 0.0933 e. The Balaban J connectivity index is 1.54. The fourth-order valence-electron chi connectivity index (χ4n) is 3.02. The molecular formula is C16H23NO2. The van der Waals surface area contributed by atoms with Crippen LogP contribution in [0, 0.1) is 0 Å². The maximum atomic E-state index is 5.86. The van der Waals surface area contributed by atoms with Crippen LogP contribution in [0.4, 0.5) is 0 Å². The van der Waals surface area contributed by atoms with Gasteiger partial charge in [-0.2, -0.15) is 0 Å². The van der Waals surface area contributed by atoms with Crippen molar-refractivity contribution in [3.8, 4) is 0 Å². The first-order valence-electron chi connectivity index (χ1n) is 7.43. The number of ether oxygens (including phenoxy) is 2. The Morgan fingerprint density at radius 1 is 1.26 bits per heavy atom. The number of morpholine rings is 1. The third-order valence-corrected chi connectivity index (χ3v) is 4.06. The molecule has 0 amide bonds. The van der Waals surface area contributed by atoms with E-state index in [0.717, 1.165) is 26.3 Å². The molecule has 0 spiro atoms. The van der Waals surface area contributed by atoms with Gasteiger partial charge in [0.15, 0.2) is 0 Å². The van der Waals surface area contributed by atoms with Gasteiger partial charge < -0.3 is 14.8 Å². The van der Waals surface area contributed by atoms with E-state index < -0.39 is 0 Å². The summed E-state index contributed by atoms with van der Waals surface area (Å²) in [6.07, 6.45) is 5.32. The van der Waals surface area contributed by atoms with E-state index in [1.807, 2.05) is 0 Å². The van der Waals surface area contributed by atoms with Crippen molar-refractivity contribution in [2.45, 2.75) is 38.4 Å². The van der Waals surface area contributed by atoms with Crippen LogP contribution in [-0.2, 0) is 28.9 Å². The molecule has 1 aliphatic heterocycles. The van der Waals surface area contributed by atoms with Gasteiger partial charge >= 0.3 is 0 Å². The van der Waals surface area contributed by atoms with Gasteiger partial charge in [0.1, 0.15) is 0 Å². The summed E-state index contributed by atoms with van der Waals surface area (Å²) in [5.74, 6) is 0. The summed E-state index contributed by atoms with van der Waals surface area (Å²) < 4.78 is 11.5. The second kappa shape index (κ2) is 6.51. The minimum atomic E-state index is 0.216. The minimum absolute atomic E-state index is 0.216. The summed E-state index contributed by atoms with van der Waals surface area (Å²) in [5, 5.41) is 3.33. The maximum absolute atomic E-state index is 5.86. The van der Waals surface area contributed by atoms with E-state index in [0.29, 0.717) is 6.61 Å². The smallest absolute Gasteiger partial charge is 0.0933 e. The summed E-state index contributed by atoms with van der Waals surface area (Å²) in [6.45, 7) is 4.09. The van der Waals surface area contributed by atoms with E-state index in [9.17, 15) is 0 Å². The number of rotatable bonds is 4. The molecule has 1 N–H and O–H groups in total. The fourth-order valence-corrected chi connectivity index (χ4v) is 3.02. The van der Waals surface area contributed by atoms with Gasteiger partial charge in [0.05, 0.1) is 25.9 Å². The lowest BCUT2D eigenvalue weighted by atomic mass is 9.88. The SMILES string of the molecule is c1cc2c(c(COCC3CNCCO3)c1)CCCC2. The Morgan fingerprint density at radius 2 is 2.21 bits per heavy atom. The van der Waals surface area contributed by atoms with E-state index in [4.69, 9.17) is 9.47 Å².